The lowest BCUT2D eigenvalue weighted by Gasteiger charge is -2.17. The van der Waals surface area contributed by atoms with Gasteiger partial charge in [-0.3, -0.25) is 0 Å². The Kier molecular flexibility index (Phi) is 5.16. The fourth-order valence-electron chi connectivity index (χ4n) is 3.29. The minimum atomic E-state index is -2.13. The second-order valence-electron chi connectivity index (χ2n) is 6.62. The molecule has 0 saturated heterocycles. The maximum atomic E-state index is 13.7. The van der Waals surface area contributed by atoms with Crippen LogP contribution in [0.3, 0.4) is 0 Å². The Morgan fingerprint density at radius 1 is 0.500 bits per heavy atom. The van der Waals surface area contributed by atoms with Crippen molar-refractivity contribution in [1.82, 2.24) is 0 Å². The normalized spacial score (nSPS) is 11.0. The van der Waals surface area contributed by atoms with Gasteiger partial charge in [0, 0.05) is 11.1 Å². The van der Waals surface area contributed by atoms with Crippen LogP contribution in [-0.2, 0) is 10.8 Å². The zero-order chi connectivity index (χ0) is 21.3. The van der Waals surface area contributed by atoms with E-state index in [9.17, 15) is 24.6 Å². The van der Waals surface area contributed by atoms with Crippen LogP contribution in [0.15, 0.2) is 94.7 Å². The smallest absolute Gasteiger partial charge is 0.174 e. The summed E-state index contributed by atoms with van der Waals surface area (Å²) in [6.07, 6.45) is 0. The zero-order valence-electron chi connectivity index (χ0n) is 15.7. The average Bonchev–Trinajstić information content (AvgIpc) is 2.78. The summed E-state index contributed by atoms with van der Waals surface area (Å²) in [5.74, 6) is -1.95. The molecule has 0 radical (unpaired) electrons. The molecule has 0 unspecified atom stereocenters. The summed E-state index contributed by atoms with van der Waals surface area (Å²) in [6, 6.07) is 23.7. The molecule has 4 N–H and O–H groups in total. The number of hydrogen-bond acceptors (Lipinski definition) is 5. The Morgan fingerprint density at radius 3 is 1.23 bits per heavy atom. The largest absolute Gasteiger partial charge is 0.504 e. The van der Waals surface area contributed by atoms with Crippen LogP contribution in [0.2, 0.25) is 0 Å². The van der Waals surface area contributed by atoms with Gasteiger partial charge >= 0.3 is 0 Å². The van der Waals surface area contributed by atoms with Crippen molar-refractivity contribution < 1.29 is 24.6 Å². The van der Waals surface area contributed by atoms with Crippen LogP contribution in [-0.4, -0.2) is 24.6 Å². The van der Waals surface area contributed by atoms with E-state index in [-0.39, 0.29) is 9.79 Å². The van der Waals surface area contributed by atoms with E-state index in [4.69, 9.17) is 0 Å². The molecule has 0 atom stereocenters. The molecule has 4 aromatic rings. The molecule has 6 heteroatoms. The fourth-order valence-corrected chi connectivity index (χ4v) is 4.82. The van der Waals surface area contributed by atoms with Gasteiger partial charge in [-0.25, -0.2) is 4.21 Å². The Labute approximate surface area is 175 Å². The summed E-state index contributed by atoms with van der Waals surface area (Å²) in [5, 5.41) is 41.4. The van der Waals surface area contributed by atoms with Crippen LogP contribution in [0.5, 0.6) is 23.0 Å². The van der Waals surface area contributed by atoms with Crippen molar-refractivity contribution in [3.63, 3.8) is 0 Å². The van der Waals surface area contributed by atoms with Gasteiger partial charge in [-0.15, -0.1) is 0 Å². The van der Waals surface area contributed by atoms with Crippen molar-refractivity contribution in [3.8, 4) is 45.3 Å². The van der Waals surface area contributed by atoms with Gasteiger partial charge in [0.25, 0.3) is 0 Å². The maximum absolute atomic E-state index is 13.7. The summed E-state index contributed by atoms with van der Waals surface area (Å²) in [4.78, 5) is -0.112. The van der Waals surface area contributed by atoms with E-state index in [0.29, 0.717) is 22.3 Å². The number of aromatic hydroxyl groups is 4. The highest BCUT2D eigenvalue weighted by molar-refractivity contribution is 7.85. The topological polar surface area (TPSA) is 98.0 Å². The molecule has 0 amide bonds. The van der Waals surface area contributed by atoms with E-state index in [1.165, 1.54) is 12.1 Å². The standard InChI is InChI=1S/C24H18O5S/c25-19-13-11-17(15-7-3-1-4-8-15)23(21(19)27)30(29)24-18(12-14-20(26)22(24)28)16-9-5-2-6-10-16/h1-14,25-28H. The first-order chi connectivity index (χ1) is 14.5. The zero-order valence-corrected chi connectivity index (χ0v) is 16.5. The highest BCUT2D eigenvalue weighted by atomic mass is 32.2. The Bertz CT molecular complexity index is 1140. The highest BCUT2D eigenvalue weighted by Crippen LogP contribution is 2.46. The van der Waals surface area contributed by atoms with Gasteiger partial charge in [0.05, 0.1) is 20.6 Å². The molecule has 4 rings (SSSR count). The number of phenols is 4. The van der Waals surface area contributed by atoms with E-state index < -0.39 is 33.8 Å². The number of phenolic OH excluding ortho intramolecular Hbond substituents is 4. The van der Waals surface area contributed by atoms with Gasteiger partial charge in [0.1, 0.15) is 0 Å². The molecule has 0 aliphatic heterocycles. The average molecular weight is 418 g/mol. The molecule has 5 nitrogen and oxygen atoms in total. The van der Waals surface area contributed by atoms with Gasteiger partial charge in [-0.1, -0.05) is 60.7 Å². The first-order valence-corrected chi connectivity index (χ1v) is 10.3. The van der Waals surface area contributed by atoms with Crippen LogP contribution in [0.1, 0.15) is 0 Å². The van der Waals surface area contributed by atoms with E-state index in [1.807, 2.05) is 12.1 Å². The van der Waals surface area contributed by atoms with Crippen molar-refractivity contribution in [3.05, 3.63) is 84.9 Å². The fraction of sp³-hybridized carbons (Fsp3) is 0. The van der Waals surface area contributed by atoms with Gasteiger partial charge in [-0.05, 0) is 35.4 Å². The SMILES string of the molecule is O=S(c1c(-c2ccccc2)ccc(O)c1O)c1c(-c2ccccc2)ccc(O)c1O. The van der Waals surface area contributed by atoms with E-state index >= 15 is 0 Å². The van der Waals surface area contributed by atoms with Crippen LogP contribution < -0.4 is 0 Å². The Morgan fingerprint density at radius 2 is 0.867 bits per heavy atom. The quantitative estimate of drug-likeness (QED) is 0.349. The summed E-state index contributed by atoms with van der Waals surface area (Å²) in [6.45, 7) is 0. The molecular formula is C24H18O5S. The van der Waals surface area contributed by atoms with E-state index in [0.717, 1.165) is 0 Å². The van der Waals surface area contributed by atoms with Crippen LogP contribution in [0.4, 0.5) is 0 Å². The van der Waals surface area contributed by atoms with Crippen LogP contribution in [0, 0.1) is 0 Å². The lowest BCUT2D eigenvalue weighted by molar-refractivity contribution is 0.392. The van der Waals surface area contributed by atoms with Gasteiger partial charge in [0.2, 0.25) is 0 Å². The molecular weight excluding hydrogens is 400 g/mol. The van der Waals surface area contributed by atoms with Gasteiger partial charge < -0.3 is 20.4 Å². The van der Waals surface area contributed by atoms with Crippen molar-refractivity contribution in [2.24, 2.45) is 0 Å². The molecule has 0 spiro atoms. The number of hydrogen-bond donors (Lipinski definition) is 4. The van der Waals surface area contributed by atoms with Crippen molar-refractivity contribution >= 4 is 10.8 Å². The molecule has 4 aromatic carbocycles. The minimum absolute atomic E-state index is 0.0562. The summed E-state index contributed by atoms with van der Waals surface area (Å²) in [7, 11) is -2.13. The Hall–Kier alpha value is -3.77. The molecule has 30 heavy (non-hydrogen) atoms. The minimum Gasteiger partial charge on any atom is -0.504 e. The van der Waals surface area contributed by atoms with Crippen LogP contribution in [0.25, 0.3) is 22.3 Å². The lowest BCUT2D eigenvalue weighted by atomic mass is 10.0. The second kappa shape index (κ2) is 7.93. The maximum Gasteiger partial charge on any atom is 0.174 e. The predicted octanol–water partition coefficient (Wildman–Crippen LogP) is 5.01. The molecule has 0 heterocycles. The predicted molar refractivity (Wildman–Crippen MR) is 115 cm³/mol. The summed E-state index contributed by atoms with van der Waals surface area (Å²) < 4.78 is 13.7. The highest BCUT2D eigenvalue weighted by Gasteiger charge is 2.27. The summed E-state index contributed by atoms with van der Waals surface area (Å²) >= 11 is 0. The molecule has 0 saturated carbocycles. The van der Waals surface area contributed by atoms with Gasteiger partial charge in [-0.2, -0.15) is 0 Å². The molecule has 0 fully saturated rings. The van der Waals surface area contributed by atoms with Crippen LogP contribution >= 0.6 is 0 Å². The lowest BCUT2D eigenvalue weighted by Crippen LogP contribution is -2.00. The first kappa shape index (κ1) is 19.5. The molecule has 0 aliphatic rings. The first-order valence-electron chi connectivity index (χ1n) is 9.11. The van der Waals surface area contributed by atoms with Gasteiger partial charge in [0.15, 0.2) is 23.0 Å². The second-order valence-corrected chi connectivity index (χ2v) is 7.97. The third-order valence-electron chi connectivity index (χ3n) is 4.76. The third kappa shape index (κ3) is 3.38. The summed E-state index contributed by atoms with van der Waals surface area (Å²) in [5.41, 5.74) is 2.23. The molecule has 0 bridgehead atoms. The van der Waals surface area contributed by atoms with E-state index in [1.54, 1.807) is 60.7 Å². The third-order valence-corrected chi connectivity index (χ3v) is 6.33. The molecule has 0 aliphatic carbocycles. The molecule has 150 valence electrons. The Balaban J connectivity index is 2.00. The van der Waals surface area contributed by atoms with Crippen molar-refractivity contribution in [1.29, 1.82) is 0 Å². The number of benzene rings is 4. The van der Waals surface area contributed by atoms with Crippen molar-refractivity contribution in [2.45, 2.75) is 9.79 Å². The number of rotatable bonds is 4. The van der Waals surface area contributed by atoms with Crippen molar-refractivity contribution in [2.75, 3.05) is 0 Å². The monoisotopic (exact) mass is 418 g/mol. The van der Waals surface area contributed by atoms with E-state index in [2.05, 4.69) is 0 Å². The molecule has 0 aromatic heterocycles.